The molecule has 0 spiro atoms. The summed E-state index contributed by atoms with van der Waals surface area (Å²) < 4.78 is 0. The number of aliphatic imine (C=N–C) groups is 1. The second-order valence-corrected chi connectivity index (χ2v) is 8.59. The highest BCUT2D eigenvalue weighted by Gasteiger charge is 2.27. The first-order chi connectivity index (χ1) is 14.6. The van der Waals surface area contributed by atoms with E-state index in [4.69, 9.17) is 0 Å². The number of carbonyl (C=O) groups excluding carboxylic acids is 1. The first-order valence-corrected chi connectivity index (χ1v) is 11.7. The van der Waals surface area contributed by atoms with Crippen molar-refractivity contribution < 1.29 is 9.90 Å². The van der Waals surface area contributed by atoms with Crippen LogP contribution in [0.2, 0.25) is 0 Å². The SMILES string of the molecule is CCC(CC)C(=O)N1CCC(NC(=NC)NCc2c(O)ccc3c2CCCC3)CC1. The molecule has 1 aromatic rings. The molecule has 6 heteroatoms. The van der Waals surface area contributed by atoms with Crippen LogP contribution >= 0.6 is 0 Å². The maximum atomic E-state index is 12.6. The lowest BCUT2D eigenvalue weighted by molar-refractivity contribution is -0.136. The zero-order valence-electron chi connectivity index (χ0n) is 18.8. The van der Waals surface area contributed by atoms with E-state index in [-0.39, 0.29) is 5.92 Å². The molecule has 6 nitrogen and oxygen atoms in total. The molecule has 0 radical (unpaired) electrons. The van der Waals surface area contributed by atoms with Gasteiger partial charge in [0.1, 0.15) is 5.75 Å². The number of amides is 1. The number of nitrogens with zero attached hydrogens (tertiary/aromatic N) is 2. The van der Waals surface area contributed by atoms with Crippen molar-refractivity contribution in [2.24, 2.45) is 10.9 Å². The summed E-state index contributed by atoms with van der Waals surface area (Å²) in [4.78, 5) is 19.0. The quantitative estimate of drug-likeness (QED) is 0.493. The molecule has 1 saturated heterocycles. The Morgan fingerprint density at radius 1 is 1.20 bits per heavy atom. The first kappa shape index (κ1) is 22.4. The number of aryl methyl sites for hydroxylation is 1. The van der Waals surface area contributed by atoms with Crippen molar-refractivity contribution in [1.29, 1.82) is 0 Å². The summed E-state index contributed by atoms with van der Waals surface area (Å²) in [5.41, 5.74) is 3.67. The van der Waals surface area contributed by atoms with Gasteiger partial charge in [0.2, 0.25) is 5.91 Å². The van der Waals surface area contributed by atoms with E-state index in [9.17, 15) is 9.90 Å². The Labute approximate surface area is 181 Å². The molecule has 30 heavy (non-hydrogen) atoms. The molecule has 1 aliphatic heterocycles. The molecule has 166 valence electrons. The molecule has 0 aromatic heterocycles. The molecule has 0 bridgehead atoms. The second kappa shape index (κ2) is 10.7. The van der Waals surface area contributed by atoms with E-state index < -0.39 is 0 Å². The van der Waals surface area contributed by atoms with Crippen LogP contribution in [0.25, 0.3) is 0 Å². The molecule has 3 N–H and O–H groups in total. The number of phenolic OH excluding ortho intramolecular Hbond substituents is 1. The van der Waals surface area contributed by atoms with Gasteiger partial charge in [0.15, 0.2) is 5.96 Å². The number of piperidine rings is 1. The lowest BCUT2D eigenvalue weighted by atomic mass is 9.88. The first-order valence-electron chi connectivity index (χ1n) is 11.7. The number of guanidine groups is 1. The summed E-state index contributed by atoms with van der Waals surface area (Å²) in [6, 6.07) is 4.20. The van der Waals surface area contributed by atoms with Crippen molar-refractivity contribution in [3.63, 3.8) is 0 Å². The fourth-order valence-corrected chi connectivity index (χ4v) is 4.79. The van der Waals surface area contributed by atoms with Crippen LogP contribution in [0.3, 0.4) is 0 Å². The van der Waals surface area contributed by atoms with Gasteiger partial charge in [-0.1, -0.05) is 19.9 Å². The third-order valence-electron chi connectivity index (χ3n) is 6.76. The lowest BCUT2D eigenvalue weighted by Crippen LogP contribution is -2.50. The molecule has 1 amide bonds. The third-order valence-corrected chi connectivity index (χ3v) is 6.76. The zero-order chi connectivity index (χ0) is 21.5. The Balaban J connectivity index is 1.53. The largest absolute Gasteiger partial charge is 0.508 e. The number of phenols is 1. The van der Waals surface area contributed by atoms with Crippen LogP contribution in [-0.4, -0.2) is 48.1 Å². The van der Waals surface area contributed by atoms with Gasteiger partial charge in [0, 0.05) is 44.2 Å². The van der Waals surface area contributed by atoms with E-state index in [0.717, 1.165) is 63.1 Å². The van der Waals surface area contributed by atoms with Crippen LogP contribution in [0, 0.1) is 5.92 Å². The van der Waals surface area contributed by atoms with E-state index in [1.165, 1.54) is 24.0 Å². The van der Waals surface area contributed by atoms with Crippen molar-refractivity contribution >= 4 is 11.9 Å². The van der Waals surface area contributed by atoms with E-state index in [1.54, 1.807) is 7.05 Å². The number of hydrogen-bond acceptors (Lipinski definition) is 3. The summed E-state index contributed by atoms with van der Waals surface area (Å²) >= 11 is 0. The number of benzene rings is 1. The van der Waals surface area contributed by atoms with Crippen molar-refractivity contribution in [3.05, 3.63) is 28.8 Å². The molecule has 2 aliphatic rings. The zero-order valence-corrected chi connectivity index (χ0v) is 18.8. The fourth-order valence-electron chi connectivity index (χ4n) is 4.79. The molecule has 1 aliphatic carbocycles. The van der Waals surface area contributed by atoms with Crippen LogP contribution in [0.1, 0.15) is 69.1 Å². The Kier molecular flexibility index (Phi) is 8.00. The van der Waals surface area contributed by atoms with Crippen LogP contribution in [-0.2, 0) is 24.2 Å². The fraction of sp³-hybridized carbons (Fsp3) is 0.667. The molecular formula is C24H38N4O2. The Morgan fingerprint density at radius 3 is 2.57 bits per heavy atom. The average Bonchev–Trinajstić information content (AvgIpc) is 2.78. The predicted octanol–water partition coefficient (Wildman–Crippen LogP) is 3.36. The van der Waals surface area contributed by atoms with Crippen molar-refractivity contribution in [3.8, 4) is 5.75 Å². The lowest BCUT2D eigenvalue weighted by Gasteiger charge is -2.35. The minimum atomic E-state index is 0.161. The van der Waals surface area contributed by atoms with E-state index in [0.29, 0.717) is 24.2 Å². The number of likely N-dealkylation sites (tertiary alicyclic amines) is 1. The molecular weight excluding hydrogens is 376 g/mol. The second-order valence-electron chi connectivity index (χ2n) is 8.59. The number of fused-ring (bicyclic) bond motifs is 1. The van der Waals surface area contributed by atoms with Crippen molar-refractivity contribution in [2.75, 3.05) is 20.1 Å². The van der Waals surface area contributed by atoms with E-state index in [1.807, 2.05) is 11.0 Å². The van der Waals surface area contributed by atoms with E-state index >= 15 is 0 Å². The Morgan fingerprint density at radius 2 is 1.90 bits per heavy atom. The van der Waals surface area contributed by atoms with Gasteiger partial charge in [0.05, 0.1) is 0 Å². The normalized spacial score (nSPS) is 17.7. The molecule has 1 aromatic carbocycles. The molecule has 0 atom stereocenters. The van der Waals surface area contributed by atoms with Crippen LogP contribution in [0.4, 0.5) is 0 Å². The van der Waals surface area contributed by atoms with Crippen LogP contribution in [0.5, 0.6) is 5.75 Å². The minimum absolute atomic E-state index is 0.161. The standard InChI is InChI=1S/C24H38N4O2/c1-4-17(5-2)23(30)28-14-12-19(13-15-28)27-24(25-3)26-16-21-20-9-7-6-8-18(20)10-11-22(21)29/h10-11,17,19,29H,4-9,12-16H2,1-3H3,(H2,25,26,27). The topological polar surface area (TPSA) is 77.0 Å². The van der Waals surface area contributed by atoms with Gasteiger partial charge >= 0.3 is 0 Å². The van der Waals surface area contributed by atoms with Gasteiger partial charge in [-0.05, 0) is 68.6 Å². The number of rotatable bonds is 6. The highest BCUT2D eigenvalue weighted by molar-refractivity contribution is 5.80. The maximum Gasteiger partial charge on any atom is 0.225 e. The molecule has 3 rings (SSSR count). The van der Waals surface area contributed by atoms with Crippen molar-refractivity contribution in [2.45, 2.75) is 77.8 Å². The number of aromatic hydroxyl groups is 1. The van der Waals surface area contributed by atoms with Gasteiger partial charge in [-0.15, -0.1) is 0 Å². The van der Waals surface area contributed by atoms with Gasteiger partial charge < -0.3 is 20.6 Å². The number of carbonyl (C=O) groups is 1. The van der Waals surface area contributed by atoms with Gasteiger partial charge in [-0.3, -0.25) is 9.79 Å². The molecule has 0 unspecified atom stereocenters. The monoisotopic (exact) mass is 414 g/mol. The van der Waals surface area contributed by atoms with Gasteiger partial charge in [0.25, 0.3) is 0 Å². The Bertz CT molecular complexity index is 750. The molecule has 1 fully saturated rings. The van der Waals surface area contributed by atoms with Crippen molar-refractivity contribution in [1.82, 2.24) is 15.5 Å². The number of hydrogen-bond donors (Lipinski definition) is 3. The third kappa shape index (κ3) is 5.27. The molecule has 0 saturated carbocycles. The highest BCUT2D eigenvalue weighted by atomic mass is 16.3. The van der Waals surface area contributed by atoms with Crippen LogP contribution < -0.4 is 10.6 Å². The van der Waals surface area contributed by atoms with Gasteiger partial charge in [-0.25, -0.2) is 0 Å². The van der Waals surface area contributed by atoms with E-state index in [2.05, 4.69) is 35.5 Å². The Hall–Kier alpha value is -2.24. The summed E-state index contributed by atoms with van der Waals surface area (Å²) in [5, 5.41) is 17.3. The summed E-state index contributed by atoms with van der Waals surface area (Å²) in [6.45, 7) is 6.37. The summed E-state index contributed by atoms with van der Waals surface area (Å²) in [5.74, 6) is 1.60. The smallest absolute Gasteiger partial charge is 0.225 e. The maximum absolute atomic E-state index is 12.6. The van der Waals surface area contributed by atoms with Crippen LogP contribution in [0.15, 0.2) is 17.1 Å². The summed E-state index contributed by atoms with van der Waals surface area (Å²) in [6.07, 6.45) is 8.24. The summed E-state index contributed by atoms with van der Waals surface area (Å²) in [7, 11) is 1.78. The minimum Gasteiger partial charge on any atom is -0.508 e. The van der Waals surface area contributed by atoms with Gasteiger partial charge in [-0.2, -0.15) is 0 Å². The predicted molar refractivity (Wildman–Crippen MR) is 122 cm³/mol. The molecule has 1 heterocycles. The number of nitrogens with one attached hydrogen (secondary N) is 2. The average molecular weight is 415 g/mol. The highest BCUT2D eigenvalue weighted by Crippen LogP contribution is 2.30.